The van der Waals surface area contributed by atoms with Crippen LogP contribution in [0.1, 0.15) is 12.8 Å². The fourth-order valence-electron chi connectivity index (χ4n) is 2.33. The number of anilines is 1. The van der Waals surface area contributed by atoms with Crippen LogP contribution in [0.4, 0.5) is 10.1 Å². The summed E-state index contributed by atoms with van der Waals surface area (Å²) in [6, 6.07) is 5.80. The molecule has 0 saturated carbocycles. The molecule has 0 bridgehead atoms. The van der Waals surface area contributed by atoms with Crippen LogP contribution in [0.2, 0.25) is 0 Å². The zero-order valence-electron chi connectivity index (χ0n) is 9.89. The minimum Gasteiger partial charge on any atom is -0.394 e. The number of aliphatic hydroxyl groups excluding tert-OH is 1. The third-order valence-electron chi connectivity index (χ3n) is 3.14. The van der Waals surface area contributed by atoms with Crippen LogP contribution in [-0.4, -0.2) is 37.2 Å². The largest absolute Gasteiger partial charge is 0.394 e. The third-order valence-corrected chi connectivity index (χ3v) is 5.05. The fourth-order valence-corrected chi connectivity index (χ4v) is 4.21. The lowest BCUT2D eigenvalue weighted by atomic mass is 9.96. The molecule has 0 amide bonds. The van der Waals surface area contributed by atoms with E-state index < -0.39 is 21.2 Å². The molecule has 1 aliphatic heterocycles. The van der Waals surface area contributed by atoms with Crippen molar-refractivity contribution in [2.45, 2.75) is 18.4 Å². The number of sulfone groups is 1. The predicted molar refractivity (Wildman–Crippen MR) is 67.7 cm³/mol. The number of nitrogens with one attached hydrogen (secondary N) is 1. The smallest absolute Gasteiger partial charge is 0.152 e. The third kappa shape index (κ3) is 3.00. The Labute approximate surface area is 106 Å². The standard InChI is InChI=1S/C12H16FNO3S/c13-10-3-1-4-11(7-10)14-12(8-15)5-2-6-18(16,17)9-12/h1,3-4,7,14-15H,2,5-6,8-9H2. The van der Waals surface area contributed by atoms with E-state index >= 15 is 0 Å². The number of rotatable bonds is 3. The van der Waals surface area contributed by atoms with Gasteiger partial charge in [0.2, 0.25) is 0 Å². The fraction of sp³-hybridized carbons (Fsp3) is 0.500. The summed E-state index contributed by atoms with van der Waals surface area (Å²) in [4.78, 5) is 0. The highest BCUT2D eigenvalue weighted by Gasteiger charge is 2.38. The van der Waals surface area contributed by atoms with Crippen molar-refractivity contribution in [1.82, 2.24) is 0 Å². The Morgan fingerprint density at radius 3 is 2.83 bits per heavy atom. The Morgan fingerprint density at radius 2 is 2.22 bits per heavy atom. The zero-order valence-corrected chi connectivity index (χ0v) is 10.7. The van der Waals surface area contributed by atoms with Crippen molar-refractivity contribution < 1.29 is 17.9 Å². The Kier molecular flexibility index (Phi) is 3.59. The van der Waals surface area contributed by atoms with Gasteiger partial charge in [-0.1, -0.05) is 6.07 Å². The van der Waals surface area contributed by atoms with Crippen molar-refractivity contribution in [2.75, 3.05) is 23.4 Å². The van der Waals surface area contributed by atoms with E-state index in [0.717, 1.165) is 0 Å². The quantitative estimate of drug-likeness (QED) is 0.868. The van der Waals surface area contributed by atoms with Crippen LogP contribution in [-0.2, 0) is 9.84 Å². The van der Waals surface area contributed by atoms with Crippen LogP contribution < -0.4 is 5.32 Å². The molecular weight excluding hydrogens is 257 g/mol. The maximum atomic E-state index is 13.1. The van der Waals surface area contributed by atoms with Crippen molar-refractivity contribution in [3.05, 3.63) is 30.1 Å². The summed E-state index contributed by atoms with van der Waals surface area (Å²) in [6.45, 7) is -0.289. The molecule has 2 N–H and O–H groups in total. The molecule has 1 aromatic rings. The van der Waals surface area contributed by atoms with Crippen LogP contribution in [0.25, 0.3) is 0 Å². The summed E-state index contributed by atoms with van der Waals surface area (Å²) in [7, 11) is -3.15. The normalized spacial score (nSPS) is 26.8. The second-order valence-electron chi connectivity index (χ2n) is 4.77. The highest BCUT2D eigenvalue weighted by atomic mass is 32.2. The van der Waals surface area contributed by atoms with Crippen molar-refractivity contribution >= 4 is 15.5 Å². The van der Waals surface area contributed by atoms with Crippen LogP contribution in [0, 0.1) is 5.82 Å². The average molecular weight is 273 g/mol. The summed E-state index contributed by atoms with van der Waals surface area (Å²) < 4.78 is 36.4. The van der Waals surface area contributed by atoms with E-state index in [1.807, 2.05) is 0 Å². The number of hydrogen-bond donors (Lipinski definition) is 2. The van der Waals surface area contributed by atoms with Gasteiger partial charge in [0.1, 0.15) is 5.82 Å². The first-order valence-electron chi connectivity index (χ1n) is 5.80. The molecule has 1 aliphatic rings. The average Bonchev–Trinajstić information content (AvgIpc) is 2.27. The summed E-state index contributed by atoms with van der Waals surface area (Å²) in [5.41, 5.74) is -0.411. The number of benzene rings is 1. The number of halogens is 1. The van der Waals surface area contributed by atoms with Gasteiger partial charge in [0, 0.05) is 5.69 Å². The summed E-state index contributed by atoms with van der Waals surface area (Å²) in [5.74, 6) is -0.362. The SMILES string of the molecule is O=S1(=O)CCCC(CO)(Nc2cccc(F)c2)C1. The van der Waals surface area contributed by atoms with Gasteiger partial charge < -0.3 is 10.4 Å². The van der Waals surface area contributed by atoms with E-state index in [2.05, 4.69) is 5.32 Å². The van der Waals surface area contributed by atoms with E-state index in [1.54, 1.807) is 12.1 Å². The maximum absolute atomic E-state index is 13.1. The molecule has 18 heavy (non-hydrogen) atoms. The Hall–Kier alpha value is -1.14. The number of aliphatic hydroxyl groups is 1. The van der Waals surface area contributed by atoms with Gasteiger partial charge in [-0.3, -0.25) is 0 Å². The minimum atomic E-state index is -3.15. The van der Waals surface area contributed by atoms with Crippen molar-refractivity contribution in [2.24, 2.45) is 0 Å². The highest BCUT2D eigenvalue weighted by Crippen LogP contribution is 2.27. The molecule has 1 fully saturated rings. The van der Waals surface area contributed by atoms with Gasteiger partial charge in [-0.25, -0.2) is 12.8 Å². The van der Waals surface area contributed by atoms with Gasteiger partial charge in [0.15, 0.2) is 9.84 Å². The van der Waals surface area contributed by atoms with Gasteiger partial charge >= 0.3 is 0 Å². The molecule has 1 saturated heterocycles. The predicted octanol–water partition coefficient (Wildman–Crippen LogP) is 1.18. The molecule has 1 unspecified atom stereocenters. The molecular formula is C12H16FNO3S. The maximum Gasteiger partial charge on any atom is 0.152 e. The topological polar surface area (TPSA) is 66.4 Å². The Bertz CT molecular complexity index is 532. The van der Waals surface area contributed by atoms with Gasteiger partial charge in [0.25, 0.3) is 0 Å². The van der Waals surface area contributed by atoms with Crippen molar-refractivity contribution in [3.8, 4) is 0 Å². The van der Waals surface area contributed by atoms with Crippen LogP contribution >= 0.6 is 0 Å². The first-order valence-corrected chi connectivity index (χ1v) is 7.62. The molecule has 100 valence electrons. The Morgan fingerprint density at radius 1 is 1.44 bits per heavy atom. The van der Waals surface area contributed by atoms with E-state index in [1.165, 1.54) is 12.1 Å². The highest BCUT2D eigenvalue weighted by molar-refractivity contribution is 7.91. The second-order valence-corrected chi connectivity index (χ2v) is 6.95. The van der Waals surface area contributed by atoms with Crippen LogP contribution in [0.5, 0.6) is 0 Å². The van der Waals surface area contributed by atoms with Crippen molar-refractivity contribution in [1.29, 1.82) is 0 Å². The lowest BCUT2D eigenvalue weighted by Gasteiger charge is -2.36. The monoisotopic (exact) mass is 273 g/mol. The minimum absolute atomic E-state index is 0.118. The van der Waals surface area contributed by atoms with Gasteiger partial charge in [-0.05, 0) is 31.0 Å². The van der Waals surface area contributed by atoms with E-state index in [4.69, 9.17) is 0 Å². The lowest BCUT2D eigenvalue weighted by Crippen LogP contribution is -2.51. The molecule has 4 nitrogen and oxygen atoms in total. The van der Waals surface area contributed by atoms with Crippen molar-refractivity contribution in [3.63, 3.8) is 0 Å². The first-order chi connectivity index (χ1) is 8.45. The first kappa shape index (κ1) is 13.3. The molecule has 2 rings (SSSR count). The Balaban J connectivity index is 2.23. The molecule has 0 aliphatic carbocycles. The van der Waals surface area contributed by atoms with Gasteiger partial charge in [-0.2, -0.15) is 0 Å². The molecule has 0 spiro atoms. The molecule has 6 heteroatoms. The van der Waals surface area contributed by atoms with Gasteiger partial charge in [-0.15, -0.1) is 0 Å². The molecule has 0 radical (unpaired) electrons. The zero-order chi connectivity index (χ0) is 13.2. The molecule has 1 heterocycles. The van der Waals surface area contributed by atoms with Crippen LogP contribution in [0.15, 0.2) is 24.3 Å². The van der Waals surface area contributed by atoms with E-state index in [9.17, 15) is 17.9 Å². The van der Waals surface area contributed by atoms with E-state index in [-0.39, 0.29) is 18.1 Å². The summed E-state index contributed by atoms with van der Waals surface area (Å²) >= 11 is 0. The van der Waals surface area contributed by atoms with Gasteiger partial charge in [0.05, 0.1) is 23.7 Å². The molecule has 0 aromatic heterocycles. The van der Waals surface area contributed by atoms with E-state index in [0.29, 0.717) is 18.5 Å². The molecule has 1 aromatic carbocycles. The number of hydrogen-bond acceptors (Lipinski definition) is 4. The van der Waals surface area contributed by atoms with Crippen LogP contribution in [0.3, 0.4) is 0 Å². The summed E-state index contributed by atoms with van der Waals surface area (Å²) in [6.07, 6.45) is 1.06. The second kappa shape index (κ2) is 4.85. The molecule has 1 atom stereocenters. The summed E-state index contributed by atoms with van der Waals surface area (Å²) in [5, 5.41) is 12.5. The lowest BCUT2D eigenvalue weighted by molar-refractivity contribution is 0.212.